The van der Waals surface area contributed by atoms with Crippen molar-refractivity contribution in [2.75, 3.05) is 0 Å². The van der Waals surface area contributed by atoms with E-state index in [1.807, 2.05) is 13.8 Å². The molecule has 66 valence electrons. The van der Waals surface area contributed by atoms with Crippen LogP contribution in [0.3, 0.4) is 0 Å². The van der Waals surface area contributed by atoms with Crippen LogP contribution in [0, 0.1) is 0 Å². The van der Waals surface area contributed by atoms with Crippen molar-refractivity contribution in [2.45, 2.75) is 51.0 Å². The van der Waals surface area contributed by atoms with Crippen LogP contribution in [0.25, 0.3) is 0 Å². The second-order valence-electron chi connectivity index (χ2n) is 3.18. The fourth-order valence-corrected chi connectivity index (χ4v) is 1.67. The number of aliphatic hydroxyl groups is 2. The molecule has 0 saturated carbocycles. The second-order valence-corrected chi connectivity index (χ2v) is 3.18. The van der Waals surface area contributed by atoms with Gasteiger partial charge in [0.2, 0.25) is 0 Å². The number of hydrogen-bond donors (Lipinski definition) is 3. The highest BCUT2D eigenvalue weighted by atomic mass is 16.3. The predicted molar refractivity (Wildman–Crippen MR) is 43.3 cm³/mol. The highest BCUT2D eigenvalue weighted by Crippen LogP contribution is 2.18. The van der Waals surface area contributed by atoms with Crippen molar-refractivity contribution in [3.05, 3.63) is 0 Å². The number of rotatable bonds is 2. The Morgan fingerprint density at radius 3 is 1.55 bits per heavy atom. The fraction of sp³-hybridized carbons (Fsp3) is 1.00. The standard InChI is InChI=1S/C8H17NO2/c1-3-5-7(10)8(11)6(4-2)9-5/h5-11H,3-4H2,1-2H3/t5?,6?,7-,8?/m1/s1. The van der Waals surface area contributed by atoms with Gasteiger partial charge in [0, 0.05) is 12.1 Å². The van der Waals surface area contributed by atoms with Crippen molar-refractivity contribution >= 4 is 0 Å². The van der Waals surface area contributed by atoms with Gasteiger partial charge < -0.3 is 15.5 Å². The molecule has 1 saturated heterocycles. The lowest BCUT2D eigenvalue weighted by molar-refractivity contribution is 0.0272. The van der Waals surface area contributed by atoms with Crippen LogP contribution in [-0.2, 0) is 0 Å². The summed E-state index contributed by atoms with van der Waals surface area (Å²) >= 11 is 0. The molecule has 1 aliphatic heterocycles. The topological polar surface area (TPSA) is 52.5 Å². The van der Waals surface area contributed by atoms with Gasteiger partial charge >= 0.3 is 0 Å². The van der Waals surface area contributed by atoms with E-state index in [-0.39, 0.29) is 12.1 Å². The van der Waals surface area contributed by atoms with Crippen molar-refractivity contribution in [1.29, 1.82) is 0 Å². The summed E-state index contributed by atoms with van der Waals surface area (Å²) < 4.78 is 0. The second kappa shape index (κ2) is 3.52. The first kappa shape index (κ1) is 8.97. The molecule has 0 aromatic heterocycles. The molecule has 1 heterocycles. The zero-order chi connectivity index (χ0) is 8.43. The minimum atomic E-state index is -0.579. The molecule has 0 bridgehead atoms. The maximum Gasteiger partial charge on any atom is 0.0966 e. The van der Waals surface area contributed by atoms with E-state index in [0.717, 1.165) is 12.8 Å². The summed E-state index contributed by atoms with van der Waals surface area (Å²) in [7, 11) is 0. The van der Waals surface area contributed by atoms with Crippen LogP contribution in [0.15, 0.2) is 0 Å². The molecule has 0 aromatic carbocycles. The summed E-state index contributed by atoms with van der Waals surface area (Å²) in [6.45, 7) is 4.01. The van der Waals surface area contributed by atoms with E-state index < -0.39 is 12.2 Å². The van der Waals surface area contributed by atoms with Gasteiger partial charge in [-0.3, -0.25) is 0 Å². The molecular formula is C8H17NO2. The molecule has 4 atom stereocenters. The Morgan fingerprint density at radius 1 is 1.00 bits per heavy atom. The lowest BCUT2D eigenvalue weighted by atomic mass is 10.1. The largest absolute Gasteiger partial charge is 0.389 e. The van der Waals surface area contributed by atoms with Gasteiger partial charge in [-0.25, -0.2) is 0 Å². The van der Waals surface area contributed by atoms with Gasteiger partial charge in [-0.1, -0.05) is 13.8 Å². The first-order valence-electron chi connectivity index (χ1n) is 4.32. The third kappa shape index (κ3) is 1.55. The smallest absolute Gasteiger partial charge is 0.0966 e. The normalized spacial score (nSPS) is 44.7. The third-order valence-electron chi connectivity index (χ3n) is 2.48. The lowest BCUT2D eigenvalue weighted by Gasteiger charge is -2.13. The average Bonchev–Trinajstić information content (AvgIpc) is 2.30. The molecule has 3 nitrogen and oxygen atoms in total. The number of hydrogen-bond acceptors (Lipinski definition) is 3. The maximum absolute atomic E-state index is 9.45. The van der Waals surface area contributed by atoms with Gasteiger partial charge in [-0.05, 0) is 12.8 Å². The Bertz CT molecular complexity index is 111. The molecule has 3 unspecified atom stereocenters. The van der Waals surface area contributed by atoms with Crippen LogP contribution in [0.4, 0.5) is 0 Å². The van der Waals surface area contributed by atoms with E-state index in [1.54, 1.807) is 0 Å². The summed E-state index contributed by atoms with van der Waals surface area (Å²) in [5.41, 5.74) is 0. The SMILES string of the molecule is CCC1NC(CC)[C@@H](O)C1O. The Hall–Kier alpha value is -0.120. The van der Waals surface area contributed by atoms with Crippen LogP contribution < -0.4 is 5.32 Å². The molecule has 0 amide bonds. The van der Waals surface area contributed by atoms with Gasteiger partial charge in [-0.15, -0.1) is 0 Å². The summed E-state index contributed by atoms with van der Waals surface area (Å²) in [5, 5.41) is 22.1. The Kier molecular flexibility index (Phi) is 2.87. The minimum Gasteiger partial charge on any atom is -0.389 e. The van der Waals surface area contributed by atoms with Crippen molar-refractivity contribution in [2.24, 2.45) is 0 Å². The van der Waals surface area contributed by atoms with E-state index in [1.165, 1.54) is 0 Å². The van der Waals surface area contributed by atoms with E-state index in [4.69, 9.17) is 0 Å². The molecule has 0 aliphatic carbocycles. The zero-order valence-corrected chi connectivity index (χ0v) is 7.12. The molecule has 11 heavy (non-hydrogen) atoms. The number of aliphatic hydroxyl groups excluding tert-OH is 2. The maximum atomic E-state index is 9.45. The van der Waals surface area contributed by atoms with E-state index >= 15 is 0 Å². The van der Waals surface area contributed by atoms with Crippen LogP contribution in [0.2, 0.25) is 0 Å². The van der Waals surface area contributed by atoms with E-state index in [0.29, 0.717) is 0 Å². The molecule has 3 heteroatoms. The van der Waals surface area contributed by atoms with Crippen LogP contribution in [-0.4, -0.2) is 34.5 Å². The minimum absolute atomic E-state index is 0.0787. The number of nitrogens with one attached hydrogen (secondary N) is 1. The molecule has 0 spiro atoms. The molecule has 1 fully saturated rings. The molecule has 0 aromatic rings. The Labute approximate surface area is 67.4 Å². The Balaban J connectivity index is 2.53. The monoisotopic (exact) mass is 159 g/mol. The van der Waals surface area contributed by atoms with Crippen molar-refractivity contribution < 1.29 is 10.2 Å². The summed E-state index contributed by atoms with van der Waals surface area (Å²) in [4.78, 5) is 0. The predicted octanol–water partition coefficient (Wildman–Crippen LogP) is -0.131. The lowest BCUT2D eigenvalue weighted by Crippen LogP contribution is -2.32. The first-order valence-corrected chi connectivity index (χ1v) is 4.32. The zero-order valence-electron chi connectivity index (χ0n) is 7.12. The van der Waals surface area contributed by atoms with Gasteiger partial charge in [0.05, 0.1) is 12.2 Å². The molecular weight excluding hydrogens is 142 g/mol. The summed E-state index contributed by atoms with van der Waals surface area (Å²) in [6, 6.07) is 0.157. The third-order valence-corrected chi connectivity index (χ3v) is 2.48. The summed E-state index contributed by atoms with van der Waals surface area (Å²) in [5.74, 6) is 0. The van der Waals surface area contributed by atoms with Gasteiger partial charge in [0.1, 0.15) is 0 Å². The average molecular weight is 159 g/mol. The summed E-state index contributed by atoms with van der Waals surface area (Å²) in [6.07, 6.45) is 0.582. The van der Waals surface area contributed by atoms with Crippen molar-refractivity contribution in [3.63, 3.8) is 0 Å². The van der Waals surface area contributed by atoms with Crippen LogP contribution in [0.1, 0.15) is 26.7 Å². The Morgan fingerprint density at radius 2 is 1.36 bits per heavy atom. The van der Waals surface area contributed by atoms with Crippen LogP contribution in [0.5, 0.6) is 0 Å². The fourth-order valence-electron chi connectivity index (χ4n) is 1.67. The molecule has 3 N–H and O–H groups in total. The van der Waals surface area contributed by atoms with Crippen molar-refractivity contribution in [1.82, 2.24) is 5.32 Å². The van der Waals surface area contributed by atoms with Gasteiger partial charge in [-0.2, -0.15) is 0 Å². The van der Waals surface area contributed by atoms with Crippen LogP contribution >= 0.6 is 0 Å². The van der Waals surface area contributed by atoms with Gasteiger partial charge in [0.25, 0.3) is 0 Å². The van der Waals surface area contributed by atoms with Gasteiger partial charge in [0.15, 0.2) is 0 Å². The first-order chi connectivity index (χ1) is 5.20. The highest BCUT2D eigenvalue weighted by Gasteiger charge is 2.38. The molecule has 0 radical (unpaired) electrons. The molecule has 1 aliphatic rings. The quantitative estimate of drug-likeness (QED) is 0.526. The van der Waals surface area contributed by atoms with Crippen molar-refractivity contribution in [3.8, 4) is 0 Å². The molecule has 1 rings (SSSR count). The van der Waals surface area contributed by atoms with E-state index in [2.05, 4.69) is 5.32 Å². The van der Waals surface area contributed by atoms with E-state index in [9.17, 15) is 10.2 Å². The highest BCUT2D eigenvalue weighted by molar-refractivity contribution is 4.96.